The van der Waals surface area contributed by atoms with Crippen molar-refractivity contribution < 1.29 is 38.4 Å². The molecule has 0 amide bonds. The van der Waals surface area contributed by atoms with E-state index < -0.39 is 24.6 Å². The number of rotatable bonds is 11. The van der Waals surface area contributed by atoms with Crippen molar-refractivity contribution in [2.75, 3.05) is 34.5 Å². The van der Waals surface area contributed by atoms with Gasteiger partial charge >= 0.3 is 11.9 Å². The Kier molecular flexibility index (Phi) is 9.80. The van der Waals surface area contributed by atoms with Crippen LogP contribution in [0, 0.1) is 0 Å². The number of esters is 2. The van der Waals surface area contributed by atoms with Gasteiger partial charge in [0, 0.05) is 12.2 Å². The third-order valence-corrected chi connectivity index (χ3v) is 4.25. The van der Waals surface area contributed by atoms with E-state index in [0.717, 1.165) is 5.56 Å². The van der Waals surface area contributed by atoms with Crippen molar-refractivity contribution in [3.8, 4) is 17.2 Å². The van der Waals surface area contributed by atoms with E-state index in [4.69, 9.17) is 23.7 Å². The van der Waals surface area contributed by atoms with E-state index >= 15 is 0 Å². The van der Waals surface area contributed by atoms with Gasteiger partial charge in [0.25, 0.3) is 0 Å². The summed E-state index contributed by atoms with van der Waals surface area (Å²) in [6.45, 7) is -0.775. The van der Waals surface area contributed by atoms with Gasteiger partial charge in [0.1, 0.15) is 12.4 Å². The summed E-state index contributed by atoms with van der Waals surface area (Å²) in [4.78, 5) is 23.9. The summed E-state index contributed by atoms with van der Waals surface area (Å²) in [7, 11) is 4.61. The lowest BCUT2D eigenvalue weighted by Crippen LogP contribution is -2.27. The molecule has 32 heavy (non-hydrogen) atoms. The molecule has 8 nitrogen and oxygen atoms in total. The van der Waals surface area contributed by atoms with Gasteiger partial charge in [0.15, 0.2) is 17.6 Å². The first-order valence-electron chi connectivity index (χ1n) is 9.69. The Morgan fingerprint density at radius 1 is 0.844 bits per heavy atom. The van der Waals surface area contributed by atoms with Crippen LogP contribution in [0.1, 0.15) is 11.1 Å². The van der Waals surface area contributed by atoms with Crippen molar-refractivity contribution in [1.29, 1.82) is 0 Å². The molecular formula is C24H26O8. The second kappa shape index (κ2) is 12.8. The molecule has 8 heteroatoms. The molecule has 1 N–H and O–H groups in total. The highest BCUT2D eigenvalue weighted by molar-refractivity contribution is 5.88. The average Bonchev–Trinajstić information content (AvgIpc) is 2.83. The van der Waals surface area contributed by atoms with Crippen molar-refractivity contribution in [1.82, 2.24) is 0 Å². The molecule has 0 fully saturated rings. The summed E-state index contributed by atoms with van der Waals surface area (Å²) in [6, 6.07) is 12.2. The van der Waals surface area contributed by atoms with Gasteiger partial charge in [0.05, 0.1) is 27.9 Å². The van der Waals surface area contributed by atoms with Gasteiger partial charge in [-0.15, -0.1) is 0 Å². The molecule has 2 aromatic rings. The number of hydrogen-bond donors (Lipinski definition) is 1. The Hall–Kier alpha value is -3.78. The molecule has 0 aromatic heterocycles. The SMILES string of the molecule is COc1ccc(/C=C/C(=O)OC(CO)COC(=O)/C=C/c2ccc(OC)c(OC)c2)cc1. The Labute approximate surface area is 186 Å². The van der Waals surface area contributed by atoms with Crippen LogP contribution in [-0.2, 0) is 19.1 Å². The van der Waals surface area contributed by atoms with Crippen LogP contribution >= 0.6 is 0 Å². The molecule has 0 saturated heterocycles. The Morgan fingerprint density at radius 2 is 1.47 bits per heavy atom. The number of carbonyl (C=O) groups excluding carboxylic acids is 2. The number of methoxy groups -OCH3 is 3. The lowest BCUT2D eigenvalue weighted by molar-refractivity contribution is -0.154. The average molecular weight is 442 g/mol. The van der Waals surface area contributed by atoms with Crippen LogP contribution in [0.5, 0.6) is 17.2 Å². The van der Waals surface area contributed by atoms with Crippen LogP contribution in [0.4, 0.5) is 0 Å². The molecule has 1 atom stereocenters. The Morgan fingerprint density at radius 3 is 2.09 bits per heavy atom. The monoisotopic (exact) mass is 442 g/mol. The smallest absolute Gasteiger partial charge is 0.331 e. The van der Waals surface area contributed by atoms with E-state index in [-0.39, 0.29) is 6.61 Å². The molecule has 0 saturated carbocycles. The number of ether oxygens (including phenoxy) is 5. The number of hydrogen-bond acceptors (Lipinski definition) is 8. The molecule has 2 aromatic carbocycles. The van der Waals surface area contributed by atoms with Crippen molar-refractivity contribution in [3.05, 3.63) is 65.7 Å². The Balaban J connectivity index is 1.84. The van der Waals surface area contributed by atoms with E-state index in [2.05, 4.69) is 0 Å². The predicted octanol–water partition coefficient (Wildman–Crippen LogP) is 2.89. The van der Waals surface area contributed by atoms with Gasteiger partial charge in [-0.1, -0.05) is 18.2 Å². The molecule has 0 bridgehead atoms. The van der Waals surface area contributed by atoms with Gasteiger partial charge in [-0.05, 0) is 47.5 Å². The van der Waals surface area contributed by atoms with Gasteiger partial charge in [-0.3, -0.25) is 0 Å². The van der Waals surface area contributed by atoms with Crippen LogP contribution in [-0.4, -0.2) is 57.7 Å². The third kappa shape index (κ3) is 7.81. The topological polar surface area (TPSA) is 101 Å². The van der Waals surface area contributed by atoms with E-state index in [1.807, 2.05) is 0 Å². The number of carbonyl (C=O) groups is 2. The highest BCUT2D eigenvalue weighted by Crippen LogP contribution is 2.27. The van der Waals surface area contributed by atoms with E-state index in [0.29, 0.717) is 22.8 Å². The fourth-order valence-corrected chi connectivity index (χ4v) is 2.55. The predicted molar refractivity (Wildman–Crippen MR) is 119 cm³/mol. The molecule has 1 unspecified atom stereocenters. The fraction of sp³-hybridized carbons (Fsp3) is 0.250. The second-order valence-electron chi connectivity index (χ2n) is 6.43. The summed E-state index contributed by atoms with van der Waals surface area (Å²) in [5, 5.41) is 9.40. The third-order valence-electron chi connectivity index (χ3n) is 4.25. The molecule has 0 spiro atoms. The van der Waals surface area contributed by atoms with Gasteiger partial charge in [-0.2, -0.15) is 0 Å². The maximum Gasteiger partial charge on any atom is 0.331 e. The van der Waals surface area contributed by atoms with Crippen LogP contribution in [0.2, 0.25) is 0 Å². The first-order valence-corrected chi connectivity index (χ1v) is 9.69. The highest BCUT2D eigenvalue weighted by atomic mass is 16.6. The molecular weight excluding hydrogens is 416 g/mol. The van der Waals surface area contributed by atoms with Gasteiger partial charge < -0.3 is 28.8 Å². The van der Waals surface area contributed by atoms with Crippen LogP contribution in [0.15, 0.2) is 54.6 Å². The molecule has 0 aliphatic heterocycles. The minimum atomic E-state index is -0.985. The Bertz CT molecular complexity index is 947. The lowest BCUT2D eigenvalue weighted by atomic mass is 10.2. The quantitative estimate of drug-likeness (QED) is 0.419. The van der Waals surface area contributed by atoms with Crippen molar-refractivity contribution >= 4 is 24.1 Å². The van der Waals surface area contributed by atoms with Gasteiger partial charge in [-0.25, -0.2) is 9.59 Å². The summed E-state index contributed by atoms with van der Waals surface area (Å²) in [6.07, 6.45) is 4.57. The minimum Gasteiger partial charge on any atom is -0.497 e. The van der Waals surface area contributed by atoms with Crippen molar-refractivity contribution in [2.24, 2.45) is 0 Å². The maximum absolute atomic E-state index is 12.0. The van der Waals surface area contributed by atoms with Crippen LogP contribution in [0.3, 0.4) is 0 Å². The zero-order valence-corrected chi connectivity index (χ0v) is 18.1. The molecule has 0 heterocycles. The highest BCUT2D eigenvalue weighted by Gasteiger charge is 2.14. The molecule has 0 aliphatic carbocycles. The zero-order chi connectivity index (χ0) is 23.3. The number of aliphatic hydroxyl groups excluding tert-OH is 1. The van der Waals surface area contributed by atoms with E-state index in [1.165, 1.54) is 26.4 Å². The van der Waals surface area contributed by atoms with Crippen LogP contribution in [0.25, 0.3) is 12.2 Å². The summed E-state index contributed by atoms with van der Waals surface area (Å²) >= 11 is 0. The minimum absolute atomic E-state index is 0.284. The number of aliphatic hydroxyl groups is 1. The fourth-order valence-electron chi connectivity index (χ4n) is 2.55. The maximum atomic E-state index is 12.0. The largest absolute Gasteiger partial charge is 0.497 e. The number of benzene rings is 2. The summed E-state index contributed by atoms with van der Waals surface area (Å²) in [5.41, 5.74) is 1.48. The summed E-state index contributed by atoms with van der Waals surface area (Å²) in [5.74, 6) is 0.478. The zero-order valence-electron chi connectivity index (χ0n) is 18.1. The first kappa shape index (κ1) is 24.5. The van der Waals surface area contributed by atoms with Crippen LogP contribution < -0.4 is 14.2 Å². The van der Waals surface area contributed by atoms with E-state index in [9.17, 15) is 14.7 Å². The normalized spacial score (nSPS) is 11.9. The van der Waals surface area contributed by atoms with E-state index in [1.54, 1.807) is 61.7 Å². The lowest BCUT2D eigenvalue weighted by Gasteiger charge is -2.13. The standard InChI is InChI=1S/C24H26O8/c1-28-19-9-4-17(5-10-19)7-13-24(27)32-20(15-25)16-31-23(26)12-8-18-6-11-21(29-2)22(14-18)30-3/h4-14,20,25H,15-16H2,1-3H3/b12-8+,13-7+. The molecule has 2 rings (SSSR count). The molecule has 0 radical (unpaired) electrons. The summed E-state index contributed by atoms with van der Waals surface area (Å²) < 4.78 is 25.6. The van der Waals surface area contributed by atoms with Crippen molar-refractivity contribution in [2.45, 2.75) is 6.10 Å². The first-order chi connectivity index (χ1) is 15.5. The second-order valence-corrected chi connectivity index (χ2v) is 6.43. The van der Waals surface area contributed by atoms with Gasteiger partial charge in [0.2, 0.25) is 0 Å². The molecule has 170 valence electrons. The molecule has 0 aliphatic rings. The van der Waals surface area contributed by atoms with Crippen molar-refractivity contribution in [3.63, 3.8) is 0 Å².